The number of hydrogen-bond acceptors (Lipinski definition) is 5. The molecule has 1 aromatic heterocycles. The number of halogens is 2. The van der Waals surface area contributed by atoms with E-state index < -0.39 is 9.84 Å². The van der Waals surface area contributed by atoms with Crippen LogP contribution in [0, 0.1) is 0 Å². The summed E-state index contributed by atoms with van der Waals surface area (Å²) in [5.41, 5.74) is 0. The number of carbonyl (C=O) groups excluding carboxylic acids is 1. The van der Waals surface area contributed by atoms with Crippen molar-refractivity contribution >= 4 is 58.9 Å². The summed E-state index contributed by atoms with van der Waals surface area (Å²) >= 11 is 8.06. The molecule has 9 heteroatoms. The Hall–Kier alpha value is 0.0400. The van der Waals surface area contributed by atoms with Crippen LogP contribution in [-0.2, 0) is 14.6 Å². The predicted octanol–water partition coefficient (Wildman–Crippen LogP) is 2.55. The lowest BCUT2D eigenvalue weighted by molar-refractivity contribution is 0.0629. The number of sulfone groups is 1. The lowest BCUT2D eigenvalue weighted by Gasteiger charge is -2.27. The lowest BCUT2D eigenvalue weighted by atomic mass is 10.2. The van der Waals surface area contributed by atoms with Crippen molar-refractivity contribution < 1.29 is 17.9 Å². The monoisotopic (exact) mass is 459 g/mol. The second-order valence-corrected chi connectivity index (χ2v) is 10.2. The second kappa shape index (κ2) is 7.08. The van der Waals surface area contributed by atoms with Crippen LogP contribution >= 0.6 is 43.2 Å². The molecule has 1 amide bonds. The zero-order valence-corrected chi connectivity index (χ0v) is 16.1. The first-order valence-electron chi connectivity index (χ1n) is 6.29. The molecule has 0 N–H and O–H groups in total. The third kappa shape index (κ3) is 4.28. The van der Waals surface area contributed by atoms with E-state index >= 15 is 0 Å². The number of methoxy groups -OCH3 is 1. The highest BCUT2D eigenvalue weighted by atomic mass is 79.9. The van der Waals surface area contributed by atoms with Gasteiger partial charge < -0.3 is 9.64 Å². The summed E-state index contributed by atoms with van der Waals surface area (Å²) < 4.78 is 30.0. The molecule has 0 aliphatic carbocycles. The van der Waals surface area contributed by atoms with E-state index in [0.29, 0.717) is 24.4 Å². The van der Waals surface area contributed by atoms with E-state index in [9.17, 15) is 13.2 Å². The van der Waals surface area contributed by atoms with Gasteiger partial charge in [0, 0.05) is 24.2 Å². The average molecular weight is 461 g/mol. The van der Waals surface area contributed by atoms with E-state index in [0.717, 1.165) is 8.26 Å². The molecule has 0 spiro atoms. The van der Waals surface area contributed by atoms with Crippen molar-refractivity contribution in [3.05, 3.63) is 19.2 Å². The van der Waals surface area contributed by atoms with Crippen LogP contribution in [0.15, 0.2) is 14.3 Å². The Morgan fingerprint density at radius 2 is 2.24 bits per heavy atom. The van der Waals surface area contributed by atoms with Gasteiger partial charge in [0.2, 0.25) is 0 Å². The maximum atomic E-state index is 12.7. The predicted molar refractivity (Wildman–Crippen MR) is 89.7 cm³/mol. The fourth-order valence-corrected chi connectivity index (χ4v) is 5.98. The summed E-state index contributed by atoms with van der Waals surface area (Å²) in [6, 6.07) is 1.48. The van der Waals surface area contributed by atoms with Crippen LogP contribution in [0.1, 0.15) is 16.1 Å². The van der Waals surface area contributed by atoms with Crippen molar-refractivity contribution in [2.24, 2.45) is 0 Å². The van der Waals surface area contributed by atoms with Crippen molar-refractivity contribution in [1.29, 1.82) is 0 Å². The maximum absolute atomic E-state index is 12.7. The van der Waals surface area contributed by atoms with E-state index in [2.05, 4.69) is 31.9 Å². The Kier molecular flexibility index (Phi) is 5.86. The first-order chi connectivity index (χ1) is 9.84. The Morgan fingerprint density at radius 1 is 1.52 bits per heavy atom. The first kappa shape index (κ1) is 17.4. The summed E-state index contributed by atoms with van der Waals surface area (Å²) in [6.07, 6.45) is 0.492. The number of ether oxygens (including phenoxy) is 1. The zero-order valence-electron chi connectivity index (χ0n) is 11.3. The van der Waals surface area contributed by atoms with Gasteiger partial charge >= 0.3 is 0 Å². The van der Waals surface area contributed by atoms with Crippen LogP contribution in [-0.4, -0.2) is 57.0 Å². The first-order valence-corrected chi connectivity index (χ1v) is 10.5. The van der Waals surface area contributed by atoms with Gasteiger partial charge in [-0.25, -0.2) is 8.42 Å². The van der Waals surface area contributed by atoms with Gasteiger partial charge in [0.1, 0.15) is 0 Å². The van der Waals surface area contributed by atoms with E-state index in [1.807, 2.05) is 0 Å². The molecule has 0 radical (unpaired) electrons. The fourth-order valence-electron chi connectivity index (χ4n) is 2.25. The topological polar surface area (TPSA) is 63.7 Å². The van der Waals surface area contributed by atoms with Gasteiger partial charge in [-0.1, -0.05) is 0 Å². The van der Waals surface area contributed by atoms with Crippen LogP contribution in [0.5, 0.6) is 0 Å². The van der Waals surface area contributed by atoms with Gasteiger partial charge in [0.15, 0.2) is 9.84 Å². The van der Waals surface area contributed by atoms with Crippen molar-refractivity contribution in [3.63, 3.8) is 0 Å². The number of nitrogens with zero attached hydrogens (tertiary/aromatic N) is 1. The van der Waals surface area contributed by atoms with Gasteiger partial charge in [-0.3, -0.25) is 4.79 Å². The molecule has 1 fully saturated rings. The van der Waals surface area contributed by atoms with Crippen LogP contribution in [0.3, 0.4) is 0 Å². The highest BCUT2D eigenvalue weighted by Crippen LogP contribution is 2.33. The highest BCUT2D eigenvalue weighted by Gasteiger charge is 2.35. The molecule has 5 nitrogen and oxygen atoms in total. The average Bonchev–Trinajstić information content (AvgIpc) is 2.93. The lowest BCUT2D eigenvalue weighted by Crippen LogP contribution is -2.42. The largest absolute Gasteiger partial charge is 0.383 e. The number of thiophene rings is 1. The van der Waals surface area contributed by atoms with E-state index in [1.165, 1.54) is 11.3 Å². The molecule has 1 atom stereocenters. The SMILES string of the molecule is COCCN(C(=O)c1cc(Br)c(Br)s1)C1CCS(=O)(=O)C1. The van der Waals surface area contributed by atoms with Crippen LogP contribution in [0.4, 0.5) is 0 Å². The van der Waals surface area contributed by atoms with Gasteiger partial charge in [-0.2, -0.15) is 0 Å². The summed E-state index contributed by atoms with van der Waals surface area (Å²) in [6.45, 7) is 0.776. The Balaban J connectivity index is 2.21. The molecule has 2 heterocycles. The molecule has 1 aliphatic heterocycles. The molecular formula is C12H15Br2NO4S2. The highest BCUT2D eigenvalue weighted by molar-refractivity contribution is 9.13. The third-order valence-corrected chi connectivity index (χ3v) is 8.30. The van der Waals surface area contributed by atoms with Gasteiger partial charge in [0.25, 0.3) is 5.91 Å². The van der Waals surface area contributed by atoms with Gasteiger partial charge in [-0.05, 0) is 44.3 Å². The summed E-state index contributed by atoms with van der Waals surface area (Å²) in [4.78, 5) is 14.9. The minimum Gasteiger partial charge on any atom is -0.383 e. The van der Waals surface area contributed by atoms with Crippen molar-refractivity contribution in [1.82, 2.24) is 4.90 Å². The molecule has 21 heavy (non-hydrogen) atoms. The molecule has 0 saturated carbocycles. The second-order valence-electron chi connectivity index (χ2n) is 4.78. The minimum absolute atomic E-state index is 0.0379. The Bertz CT molecular complexity index is 610. The summed E-state index contributed by atoms with van der Waals surface area (Å²) in [5, 5.41) is 0. The smallest absolute Gasteiger partial charge is 0.264 e. The van der Waals surface area contributed by atoms with E-state index in [-0.39, 0.29) is 23.5 Å². The molecule has 118 valence electrons. The van der Waals surface area contributed by atoms with Crippen LogP contribution < -0.4 is 0 Å². The molecule has 1 unspecified atom stereocenters. The van der Waals surface area contributed by atoms with Crippen molar-refractivity contribution in [2.45, 2.75) is 12.5 Å². The zero-order chi connectivity index (χ0) is 15.6. The summed E-state index contributed by atoms with van der Waals surface area (Å²) in [7, 11) is -1.47. The molecule has 0 aromatic carbocycles. The molecule has 1 aromatic rings. The molecule has 2 rings (SSSR count). The molecule has 1 aliphatic rings. The maximum Gasteiger partial charge on any atom is 0.264 e. The normalized spacial score (nSPS) is 20.6. The third-order valence-electron chi connectivity index (χ3n) is 3.30. The number of carbonyl (C=O) groups is 1. The standard InChI is InChI=1S/C12H15Br2NO4S2/c1-19-4-3-15(8-2-5-21(17,18)7-8)12(16)10-6-9(13)11(14)20-10/h6,8H,2-5,7H2,1H3. The van der Waals surface area contributed by atoms with Crippen LogP contribution in [0.2, 0.25) is 0 Å². The quantitative estimate of drug-likeness (QED) is 0.677. The number of amides is 1. The molecule has 1 saturated heterocycles. The van der Waals surface area contributed by atoms with Crippen LogP contribution in [0.25, 0.3) is 0 Å². The van der Waals surface area contributed by atoms with Gasteiger partial charge in [-0.15, -0.1) is 11.3 Å². The Labute approximate surface area is 144 Å². The number of rotatable bonds is 5. The van der Waals surface area contributed by atoms with Gasteiger partial charge in [0.05, 0.1) is 26.8 Å². The summed E-state index contributed by atoms with van der Waals surface area (Å²) in [5.74, 6) is 0.0353. The van der Waals surface area contributed by atoms with E-state index in [4.69, 9.17) is 4.74 Å². The van der Waals surface area contributed by atoms with Crippen molar-refractivity contribution in [2.75, 3.05) is 31.8 Å². The minimum atomic E-state index is -3.03. The van der Waals surface area contributed by atoms with E-state index in [1.54, 1.807) is 18.1 Å². The number of hydrogen-bond donors (Lipinski definition) is 0. The Morgan fingerprint density at radius 3 is 2.71 bits per heavy atom. The van der Waals surface area contributed by atoms with Crippen molar-refractivity contribution in [3.8, 4) is 0 Å². The fraction of sp³-hybridized carbons (Fsp3) is 0.583. The molecule has 0 bridgehead atoms. The molecular weight excluding hydrogens is 446 g/mol.